The number of ketones is 2. The van der Waals surface area contributed by atoms with Crippen molar-refractivity contribution in [3.05, 3.63) is 42.0 Å². The van der Waals surface area contributed by atoms with Gasteiger partial charge in [-0.2, -0.15) is 0 Å². The van der Waals surface area contributed by atoms with E-state index >= 15 is 0 Å². The van der Waals surface area contributed by atoms with Crippen molar-refractivity contribution in [1.82, 2.24) is 0 Å². The van der Waals surface area contributed by atoms with Crippen molar-refractivity contribution in [1.29, 1.82) is 0 Å². The zero-order valence-corrected chi connectivity index (χ0v) is 10.1. The molecule has 0 atom stereocenters. The predicted molar refractivity (Wildman–Crippen MR) is 67.9 cm³/mol. The van der Waals surface area contributed by atoms with Crippen LogP contribution in [0.2, 0.25) is 0 Å². The van der Waals surface area contributed by atoms with Gasteiger partial charge in [-0.15, -0.1) is 11.6 Å². The summed E-state index contributed by atoms with van der Waals surface area (Å²) in [5.41, 5.74) is 1.07. The molecule has 1 aromatic carbocycles. The van der Waals surface area contributed by atoms with Crippen LogP contribution in [-0.2, 0) is 9.59 Å². The molecule has 0 N–H and O–H groups in total. The van der Waals surface area contributed by atoms with Gasteiger partial charge < -0.3 is 0 Å². The lowest BCUT2D eigenvalue weighted by Gasteiger charge is -2.20. The molecule has 1 aliphatic carbocycles. The molecule has 0 unspecified atom stereocenters. The number of carbonyl (C=O) groups is 2. The number of halogens is 1. The van der Waals surface area contributed by atoms with Crippen LogP contribution in [-0.4, -0.2) is 16.9 Å². The van der Waals surface area contributed by atoms with Crippen molar-refractivity contribution in [3.8, 4) is 0 Å². The van der Waals surface area contributed by atoms with Crippen LogP contribution in [0.25, 0.3) is 6.08 Å². The van der Waals surface area contributed by atoms with E-state index in [9.17, 15) is 9.59 Å². The zero-order chi connectivity index (χ0) is 12.3. The summed E-state index contributed by atoms with van der Waals surface area (Å²) in [5.74, 6) is -0.332. The summed E-state index contributed by atoms with van der Waals surface area (Å²) in [7, 11) is 0. The third-order valence-corrected chi connectivity index (χ3v) is 3.34. The second kappa shape index (κ2) is 5.28. The molecule has 3 heteroatoms. The minimum atomic E-state index is -0.920. The van der Waals surface area contributed by atoms with Crippen molar-refractivity contribution in [2.45, 2.75) is 18.2 Å². The number of rotatable bonds is 2. The van der Waals surface area contributed by atoms with Gasteiger partial charge in [-0.3, -0.25) is 9.59 Å². The highest BCUT2D eigenvalue weighted by atomic mass is 35.5. The Hall–Kier alpha value is -1.41. The molecule has 0 saturated heterocycles. The first-order chi connectivity index (χ1) is 8.16. The van der Waals surface area contributed by atoms with Crippen LogP contribution in [0.5, 0.6) is 0 Å². The number of hydrogen-bond acceptors (Lipinski definition) is 2. The molecule has 88 valence electrons. The van der Waals surface area contributed by atoms with Gasteiger partial charge in [0, 0.05) is 12.8 Å². The predicted octanol–water partition coefficient (Wildman–Crippen LogP) is 2.86. The molecule has 2 nitrogen and oxygen atoms in total. The minimum Gasteiger partial charge on any atom is -0.298 e. The Morgan fingerprint density at radius 2 is 1.65 bits per heavy atom. The topological polar surface area (TPSA) is 34.1 Å². The van der Waals surface area contributed by atoms with E-state index in [4.69, 9.17) is 11.6 Å². The third-order valence-electron chi connectivity index (χ3n) is 2.85. The molecule has 0 aliphatic heterocycles. The molecule has 1 aromatic rings. The van der Waals surface area contributed by atoms with E-state index in [0.717, 1.165) is 5.56 Å². The van der Waals surface area contributed by atoms with Crippen molar-refractivity contribution >= 4 is 29.2 Å². The maximum atomic E-state index is 11.4. The number of allylic oxidation sites excluding steroid dienone is 1. The van der Waals surface area contributed by atoms with Gasteiger partial charge in [0.05, 0.1) is 0 Å². The van der Waals surface area contributed by atoms with Gasteiger partial charge >= 0.3 is 0 Å². The first-order valence-electron chi connectivity index (χ1n) is 5.59. The van der Waals surface area contributed by atoms with Crippen molar-refractivity contribution in [2.24, 2.45) is 5.92 Å². The van der Waals surface area contributed by atoms with E-state index in [2.05, 4.69) is 0 Å². The standard InChI is InChI=1S/C14H13ClO2/c15-14-12(16)8-11(9-13(14)17)7-6-10-4-2-1-3-5-10/h1-7,11,14H,8-9H2/b7-6+. The smallest absolute Gasteiger partial charge is 0.158 e. The number of hydrogen-bond donors (Lipinski definition) is 0. The van der Waals surface area contributed by atoms with E-state index in [0.29, 0.717) is 12.8 Å². The van der Waals surface area contributed by atoms with Crippen LogP contribution in [0.3, 0.4) is 0 Å². The second-order valence-electron chi connectivity index (χ2n) is 4.23. The summed E-state index contributed by atoms with van der Waals surface area (Å²) in [5, 5.41) is -0.920. The van der Waals surface area contributed by atoms with E-state index in [1.165, 1.54) is 0 Å². The Labute approximate surface area is 105 Å². The fourth-order valence-electron chi connectivity index (χ4n) is 1.92. The number of Topliss-reactive ketones (excluding diaryl/α,β-unsaturated/α-hetero) is 2. The van der Waals surface area contributed by atoms with Crippen LogP contribution in [0, 0.1) is 5.92 Å². The van der Waals surface area contributed by atoms with Gasteiger partial charge in [0.2, 0.25) is 0 Å². The van der Waals surface area contributed by atoms with Crippen molar-refractivity contribution in [3.63, 3.8) is 0 Å². The van der Waals surface area contributed by atoms with Crippen LogP contribution in [0.4, 0.5) is 0 Å². The van der Waals surface area contributed by atoms with E-state index in [-0.39, 0.29) is 17.5 Å². The molecule has 0 aromatic heterocycles. The quantitative estimate of drug-likeness (QED) is 0.596. The van der Waals surface area contributed by atoms with E-state index in [1.54, 1.807) is 0 Å². The zero-order valence-electron chi connectivity index (χ0n) is 9.30. The first kappa shape index (κ1) is 12.1. The molecule has 2 rings (SSSR count). The Kier molecular flexibility index (Phi) is 3.75. The lowest BCUT2D eigenvalue weighted by Crippen LogP contribution is -2.33. The molecule has 0 radical (unpaired) electrons. The van der Waals surface area contributed by atoms with Gasteiger partial charge in [0.25, 0.3) is 0 Å². The second-order valence-corrected chi connectivity index (χ2v) is 4.67. The fraction of sp³-hybridized carbons (Fsp3) is 0.286. The molecule has 1 fully saturated rings. The van der Waals surface area contributed by atoms with Gasteiger partial charge in [-0.25, -0.2) is 0 Å². The molecule has 0 spiro atoms. The summed E-state index contributed by atoms with van der Waals surface area (Å²) >= 11 is 5.68. The van der Waals surface area contributed by atoms with Crippen molar-refractivity contribution < 1.29 is 9.59 Å². The molecular formula is C14H13ClO2. The number of carbonyl (C=O) groups excluding carboxylic acids is 2. The van der Waals surface area contributed by atoms with Crippen molar-refractivity contribution in [2.75, 3.05) is 0 Å². The van der Waals surface area contributed by atoms with E-state index in [1.807, 2.05) is 42.5 Å². The Bertz CT molecular complexity index is 433. The minimum absolute atomic E-state index is 0.00907. The summed E-state index contributed by atoms with van der Waals surface area (Å²) in [4.78, 5) is 22.9. The van der Waals surface area contributed by atoms with Gasteiger partial charge in [0.1, 0.15) is 0 Å². The van der Waals surface area contributed by atoms with Gasteiger partial charge in [0.15, 0.2) is 16.9 Å². The maximum Gasteiger partial charge on any atom is 0.158 e. The Morgan fingerprint density at radius 1 is 1.06 bits per heavy atom. The largest absolute Gasteiger partial charge is 0.298 e. The highest BCUT2D eigenvalue weighted by Gasteiger charge is 2.32. The van der Waals surface area contributed by atoms with E-state index < -0.39 is 5.38 Å². The third kappa shape index (κ3) is 3.04. The molecule has 0 heterocycles. The maximum absolute atomic E-state index is 11.4. The van der Waals surface area contributed by atoms with Crippen LogP contribution in [0.15, 0.2) is 36.4 Å². The highest BCUT2D eigenvalue weighted by molar-refractivity contribution is 6.42. The van der Waals surface area contributed by atoms with Crippen LogP contribution in [0.1, 0.15) is 18.4 Å². The molecular weight excluding hydrogens is 236 g/mol. The number of alkyl halides is 1. The highest BCUT2D eigenvalue weighted by Crippen LogP contribution is 2.24. The lowest BCUT2D eigenvalue weighted by atomic mass is 9.86. The molecule has 1 aliphatic rings. The average Bonchev–Trinajstić information content (AvgIpc) is 2.34. The molecule has 1 saturated carbocycles. The number of benzene rings is 1. The monoisotopic (exact) mass is 248 g/mol. The summed E-state index contributed by atoms with van der Waals surface area (Å²) in [6.07, 6.45) is 4.60. The Balaban J connectivity index is 2.03. The van der Waals surface area contributed by atoms with Gasteiger partial charge in [-0.05, 0) is 11.5 Å². The van der Waals surface area contributed by atoms with Gasteiger partial charge in [-0.1, -0.05) is 42.5 Å². The molecule has 0 bridgehead atoms. The molecule has 17 heavy (non-hydrogen) atoms. The fourth-order valence-corrected chi connectivity index (χ4v) is 2.10. The summed E-state index contributed by atoms with van der Waals surface area (Å²) < 4.78 is 0. The molecule has 0 amide bonds. The normalized spacial score (nSPS) is 25.5. The first-order valence-corrected chi connectivity index (χ1v) is 6.03. The van der Waals surface area contributed by atoms with Crippen LogP contribution < -0.4 is 0 Å². The van der Waals surface area contributed by atoms with Crippen LogP contribution >= 0.6 is 11.6 Å². The lowest BCUT2D eigenvalue weighted by molar-refractivity contribution is -0.130. The summed E-state index contributed by atoms with van der Waals surface area (Å²) in [6.45, 7) is 0. The summed E-state index contributed by atoms with van der Waals surface area (Å²) in [6, 6.07) is 9.81. The SMILES string of the molecule is O=C1CC(/C=C/c2ccccc2)CC(=O)C1Cl. The Morgan fingerprint density at radius 3 is 2.24 bits per heavy atom. The average molecular weight is 249 g/mol.